The van der Waals surface area contributed by atoms with E-state index in [2.05, 4.69) is 178 Å². The molecule has 0 aliphatic heterocycles. The van der Waals surface area contributed by atoms with E-state index < -0.39 is 29.3 Å². The second-order valence-electron chi connectivity index (χ2n) is 16.7. The van der Waals surface area contributed by atoms with Gasteiger partial charge in [0.25, 0.3) is 0 Å². The van der Waals surface area contributed by atoms with Crippen LogP contribution >= 0.6 is 0 Å². The normalized spacial score (nSPS) is 16.8. The zero-order valence-electron chi connectivity index (χ0n) is 30.0. The fraction of sp³-hybridized carbons (Fsp3) is 0.341. The van der Waals surface area contributed by atoms with Crippen molar-refractivity contribution in [3.8, 4) is 11.1 Å². The van der Waals surface area contributed by atoms with Gasteiger partial charge in [0.1, 0.15) is 0 Å². The van der Waals surface area contributed by atoms with Crippen LogP contribution in [-0.4, -0.2) is 11.3 Å². The Morgan fingerprint density at radius 1 is 0.630 bits per heavy atom. The fourth-order valence-electron chi connectivity index (χ4n) is 7.82. The summed E-state index contributed by atoms with van der Waals surface area (Å²) in [5.74, 6) is 0.466. The third-order valence-corrected chi connectivity index (χ3v) is 21.5. The summed E-state index contributed by atoms with van der Waals surface area (Å²) < 4.78 is 3.84. The number of fused-ring (bicyclic) bond motifs is 3. The van der Waals surface area contributed by atoms with Crippen LogP contribution in [0.15, 0.2) is 117 Å². The molecule has 0 amide bonds. The predicted octanol–water partition coefficient (Wildman–Crippen LogP) is 12.0. The molecular formula is C44H52SiZr. The molecule has 0 spiro atoms. The molecule has 0 saturated carbocycles. The minimum atomic E-state index is -2.85. The maximum absolute atomic E-state index is 2.85. The van der Waals surface area contributed by atoms with Crippen molar-refractivity contribution < 1.29 is 21.3 Å². The first-order chi connectivity index (χ1) is 21.6. The predicted molar refractivity (Wildman–Crippen MR) is 201 cm³/mol. The SMILES string of the molecule is CC1=[C]([Zr](=[C](c2ccccc2)c2ccccc2)[CH]2c3ccc(C(C)(C)C)cc3-c3cc(C(C)(C)C)ccc32)C(C)C=C1[Si](C)(C)C. The van der Waals surface area contributed by atoms with Gasteiger partial charge in [0.2, 0.25) is 0 Å². The van der Waals surface area contributed by atoms with Gasteiger partial charge in [-0.15, -0.1) is 0 Å². The van der Waals surface area contributed by atoms with E-state index in [9.17, 15) is 0 Å². The average Bonchev–Trinajstić information content (AvgIpc) is 3.48. The van der Waals surface area contributed by atoms with Crippen molar-refractivity contribution in [2.75, 3.05) is 0 Å². The minimum absolute atomic E-state index is 0.0944. The molecule has 4 aromatic rings. The molecule has 236 valence electrons. The molecule has 2 heteroatoms. The molecule has 0 nitrogen and oxygen atoms in total. The monoisotopic (exact) mass is 698 g/mol. The van der Waals surface area contributed by atoms with Crippen LogP contribution in [0.5, 0.6) is 0 Å². The Balaban J connectivity index is 1.77. The van der Waals surface area contributed by atoms with Gasteiger partial charge >= 0.3 is 290 Å². The van der Waals surface area contributed by atoms with Gasteiger partial charge in [0.15, 0.2) is 0 Å². The zero-order chi connectivity index (χ0) is 33.2. The van der Waals surface area contributed by atoms with Gasteiger partial charge in [-0.2, -0.15) is 0 Å². The topological polar surface area (TPSA) is 0 Å². The number of hydrogen-bond donors (Lipinski definition) is 0. The third kappa shape index (κ3) is 6.06. The molecule has 0 bridgehead atoms. The number of rotatable bonds is 5. The standard InChI is InChI=1S/C21H25.C13H10.C10H17Si.Zr/c1-20(2,3)16-9-7-14-11-15-8-10-17(21(4,5)6)13-19(15)18(14)12-16;1-3-7-12(8-4-1)11-13-9-5-2-6-10-13;1-8-6-9(2)10(7-8)11(3,4)5;/h7-13H,1-6H3;1-10H;7-8H,1-5H3;. The van der Waals surface area contributed by atoms with Crippen LogP contribution in [0, 0.1) is 5.92 Å². The van der Waals surface area contributed by atoms with Crippen molar-refractivity contribution in [2.45, 2.75) is 89.5 Å². The Kier molecular flexibility index (Phi) is 8.74. The molecule has 0 aromatic heterocycles. The Bertz CT molecular complexity index is 1780. The quantitative estimate of drug-likeness (QED) is 0.182. The summed E-state index contributed by atoms with van der Waals surface area (Å²) in [6, 6.07) is 37.9. The van der Waals surface area contributed by atoms with Gasteiger partial charge in [0.05, 0.1) is 0 Å². The van der Waals surface area contributed by atoms with Crippen molar-refractivity contribution >= 4 is 11.3 Å². The molecular weight excluding hydrogens is 648 g/mol. The van der Waals surface area contributed by atoms with Crippen molar-refractivity contribution in [1.29, 1.82) is 0 Å². The first-order valence-corrected chi connectivity index (χ1v) is 24.5. The molecule has 0 N–H and O–H groups in total. The molecule has 46 heavy (non-hydrogen) atoms. The van der Waals surface area contributed by atoms with E-state index in [-0.39, 0.29) is 10.8 Å². The average molecular weight is 700 g/mol. The Hall–Kier alpha value is -2.67. The van der Waals surface area contributed by atoms with Crippen LogP contribution in [0.3, 0.4) is 0 Å². The Morgan fingerprint density at radius 3 is 1.43 bits per heavy atom. The molecule has 0 fully saturated rings. The maximum atomic E-state index is 2.67. The van der Waals surface area contributed by atoms with E-state index >= 15 is 0 Å². The van der Waals surface area contributed by atoms with Crippen LogP contribution in [0.2, 0.25) is 19.6 Å². The first-order valence-electron chi connectivity index (χ1n) is 17.2. The van der Waals surface area contributed by atoms with E-state index in [1.807, 2.05) is 0 Å². The molecule has 0 radical (unpaired) electrons. The van der Waals surface area contributed by atoms with Gasteiger partial charge in [-0.25, -0.2) is 0 Å². The van der Waals surface area contributed by atoms with Gasteiger partial charge in [-0.05, 0) is 0 Å². The Labute approximate surface area is 287 Å². The summed E-state index contributed by atoms with van der Waals surface area (Å²) in [7, 11) is -1.52. The van der Waals surface area contributed by atoms with Crippen LogP contribution in [0.4, 0.5) is 0 Å². The molecule has 6 rings (SSSR count). The van der Waals surface area contributed by atoms with E-state index in [0.29, 0.717) is 9.54 Å². The van der Waals surface area contributed by atoms with Crippen molar-refractivity contribution in [2.24, 2.45) is 5.92 Å². The molecule has 1 unspecified atom stereocenters. The fourth-order valence-corrected chi connectivity index (χ4v) is 20.1. The molecule has 2 aliphatic rings. The third-order valence-electron chi connectivity index (χ3n) is 10.2. The molecule has 1 atom stereocenters. The summed E-state index contributed by atoms with van der Waals surface area (Å²) in [5, 5.41) is 1.68. The van der Waals surface area contributed by atoms with E-state index in [0.717, 1.165) is 0 Å². The molecule has 2 aliphatic carbocycles. The van der Waals surface area contributed by atoms with Crippen molar-refractivity contribution in [1.82, 2.24) is 0 Å². The summed E-state index contributed by atoms with van der Waals surface area (Å²) in [5.41, 5.74) is 13.5. The molecule has 0 heterocycles. The summed E-state index contributed by atoms with van der Waals surface area (Å²) >= 11 is -2.85. The van der Waals surface area contributed by atoms with Crippen molar-refractivity contribution in [3.63, 3.8) is 0 Å². The molecule has 4 aromatic carbocycles. The second-order valence-corrected chi connectivity index (χ2v) is 27.8. The van der Waals surface area contributed by atoms with Crippen LogP contribution < -0.4 is 0 Å². The zero-order valence-corrected chi connectivity index (χ0v) is 33.4. The first kappa shape index (κ1) is 33.2. The van der Waals surface area contributed by atoms with Gasteiger partial charge in [-0.1, -0.05) is 0 Å². The van der Waals surface area contributed by atoms with Crippen LogP contribution in [0.1, 0.15) is 92.4 Å². The molecule has 0 saturated heterocycles. The van der Waals surface area contributed by atoms with Crippen LogP contribution in [0.25, 0.3) is 11.1 Å². The second kappa shape index (κ2) is 12.1. The van der Waals surface area contributed by atoms with Gasteiger partial charge in [0, 0.05) is 0 Å². The summed E-state index contributed by atoms with van der Waals surface area (Å²) in [6.07, 6.45) is 2.67. The number of allylic oxidation sites excluding steroid dienone is 4. The van der Waals surface area contributed by atoms with E-state index in [1.54, 1.807) is 28.4 Å². The van der Waals surface area contributed by atoms with Crippen LogP contribution in [-0.2, 0) is 32.1 Å². The van der Waals surface area contributed by atoms with Gasteiger partial charge < -0.3 is 0 Å². The van der Waals surface area contributed by atoms with Crippen molar-refractivity contribution in [3.05, 3.63) is 151 Å². The van der Waals surface area contributed by atoms with Gasteiger partial charge in [-0.3, -0.25) is 0 Å². The van der Waals surface area contributed by atoms with E-state index in [1.165, 1.54) is 33.4 Å². The summed E-state index contributed by atoms with van der Waals surface area (Å²) in [6.45, 7) is 26.7. The van der Waals surface area contributed by atoms with E-state index in [4.69, 9.17) is 0 Å². The number of hydrogen-bond acceptors (Lipinski definition) is 0. The Morgan fingerprint density at radius 2 is 1.07 bits per heavy atom. The number of benzene rings is 4. The summed E-state index contributed by atoms with van der Waals surface area (Å²) in [4.78, 5) is 0.